The third-order valence-corrected chi connectivity index (χ3v) is 2.75. The summed E-state index contributed by atoms with van der Waals surface area (Å²) in [4.78, 5) is 15.5. The van der Waals surface area contributed by atoms with Crippen molar-refractivity contribution in [3.8, 4) is 0 Å². The van der Waals surface area contributed by atoms with Crippen LogP contribution >= 0.6 is 23.2 Å². The first-order valence-electron chi connectivity index (χ1n) is 4.46. The summed E-state index contributed by atoms with van der Waals surface area (Å²) in [6.07, 6.45) is 0. The van der Waals surface area contributed by atoms with E-state index in [0.717, 1.165) is 5.39 Å². The van der Waals surface area contributed by atoms with Crippen molar-refractivity contribution in [1.29, 1.82) is 0 Å². The summed E-state index contributed by atoms with van der Waals surface area (Å²) in [5, 5.41) is 1.33. The number of hydrogen-bond donors (Lipinski definition) is 0. The van der Waals surface area contributed by atoms with Crippen LogP contribution in [0.15, 0.2) is 24.3 Å². The van der Waals surface area contributed by atoms with E-state index in [4.69, 9.17) is 23.2 Å². The molecule has 1 aromatic heterocycles. The van der Waals surface area contributed by atoms with Gasteiger partial charge in [0.1, 0.15) is 5.15 Å². The number of hydrogen-bond acceptors (Lipinski definition) is 3. The van der Waals surface area contributed by atoms with E-state index in [1.165, 1.54) is 7.11 Å². The number of carbonyl (C=O) groups excluding carboxylic acids is 1. The van der Waals surface area contributed by atoms with Crippen LogP contribution in [-0.4, -0.2) is 18.1 Å². The summed E-state index contributed by atoms with van der Waals surface area (Å²) in [5.74, 6) is -0.514. The maximum Gasteiger partial charge on any atom is 0.341 e. The maximum atomic E-state index is 11.4. The van der Waals surface area contributed by atoms with Gasteiger partial charge in [-0.15, -0.1) is 0 Å². The Kier molecular flexibility index (Phi) is 2.99. The Morgan fingerprint density at radius 3 is 2.81 bits per heavy atom. The van der Waals surface area contributed by atoms with Crippen molar-refractivity contribution < 1.29 is 9.53 Å². The fourth-order valence-electron chi connectivity index (χ4n) is 1.39. The van der Waals surface area contributed by atoms with Crippen LogP contribution in [0.4, 0.5) is 0 Å². The van der Waals surface area contributed by atoms with Crippen molar-refractivity contribution in [2.24, 2.45) is 0 Å². The van der Waals surface area contributed by atoms with E-state index in [2.05, 4.69) is 9.72 Å². The number of methoxy groups -OCH3 is 1. The van der Waals surface area contributed by atoms with Crippen LogP contribution in [0.2, 0.25) is 10.2 Å². The summed E-state index contributed by atoms with van der Waals surface area (Å²) in [7, 11) is 1.29. The molecule has 2 rings (SSSR count). The van der Waals surface area contributed by atoms with Crippen LogP contribution in [0.5, 0.6) is 0 Å². The maximum absolute atomic E-state index is 11.4. The first-order chi connectivity index (χ1) is 7.63. The third-order valence-electron chi connectivity index (χ3n) is 2.16. The number of halogens is 2. The fraction of sp³-hybridized carbons (Fsp3) is 0.0909. The Hall–Kier alpha value is -1.32. The van der Waals surface area contributed by atoms with Gasteiger partial charge in [0, 0.05) is 5.39 Å². The van der Waals surface area contributed by atoms with Crippen molar-refractivity contribution in [2.75, 3.05) is 7.11 Å². The smallest absolute Gasteiger partial charge is 0.341 e. The van der Waals surface area contributed by atoms with Gasteiger partial charge in [0.25, 0.3) is 0 Å². The SMILES string of the molecule is COC(=O)c1cc2cccc(Cl)c2nc1Cl. The third kappa shape index (κ3) is 1.84. The van der Waals surface area contributed by atoms with E-state index in [-0.39, 0.29) is 10.7 Å². The summed E-state index contributed by atoms with van der Waals surface area (Å²) < 4.78 is 4.60. The van der Waals surface area contributed by atoms with Crippen molar-refractivity contribution in [3.05, 3.63) is 40.0 Å². The molecule has 0 spiro atoms. The van der Waals surface area contributed by atoms with E-state index < -0.39 is 5.97 Å². The Labute approximate surface area is 102 Å². The number of carbonyl (C=O) groups is 1. The lowest BCUT2D eigenvalue weighted by molar-refractivity contribution is 0.0600. The molecule has 5 heteroatoms. The Morgan fingerprint density at radius 2 is 2.12 bits per heavy atom. The molecule has 3 nitrogen and oxygen atoms in total. The van der Waals surface area contributed by atoms with Gasteiger partial charge >= 0.3 is 5.97 Å². The average molecular weight is 256 g/mol. The lowest BCUT2D eigenvalue weighted by Crippen LogP contribution is -2.03. The molecule has 0 aliphatic carbocycles. The quantitative estimate of drug-likeness (QED) is 0.580. The molecule has 0 N–H and O–H groups in total. The number of ether oxygens (including phenoxy) is 1. The van der Waals surface area contributed by atoms with E-state index >= 15 is 0 Å². The predicted molar refractivity (Wildman–Crippen MR) is 63.1 cm³/mol. The molecule has 0 aliphatic rings. The lowest BCUT2D eigenvalue weighted by Gasteiger charge is -2.05. The van der Waals surface area contributed by atoms with Crippen molar-refractivity contribution >= 4 is 40.1 Å². The van der Waals surface area contributed by atoms with Gasteiger partial charge in [-0.1, -0.05) is 35.3 Å². The Morgan fingerprint density at radius 1 is 1.38 bits per heavy atom. The number of benzene rings is 1. The minimum absolute atomic E-state index is 0.0902. The molecule has 0 saturated heterocycles. The molecule has 2 aromatic rings. The number of aromatic nitrogens is 1. The summed E-state index contributed by atoms with van der Waals surface area (Å²) in [6.45, 7) is 0. The zero-order valence-electron chi connectivity index (χ0n) is 8.33. The molecule has 1 aromatic carbocycles. The molecule has 0 aliphatic heterocycles. The van der Waals surface area contributed by atoms with Gasteiger partial charge in [0.15, 0.2) is 0 Å². The van der Waals surface area contributed by atoms with Crippen molar-refractivity contribution in [3.63, 3.8) is 0 Å². The van der Waals surface area contributed by atoms with E-state index in [1.54, 1.807) is 24.3 Å². The molecular formula is C11H7Cl2NO2. The monoisotopic (exact) mass is 255 g/mol. The van der Waals surface area contributed by atoms with Crippen LogP contribution in [0.25, 0.3) is 10.9 Å². The highest BCUT2D eigenvalue weighted by Gasteiger charge is 2.14. The Bertz CT molecular complexity index is 569. The molecular weight excluding hydrogens is 249 g/mol. The zero-order chi connectivity index (χ0) is 11.7. The van der Waals surface area contributed by atoms with Gasteiger partial charge in [0.2, 0.25) is 0 Å². The standard InChI is InChI=1S/C11H7Cl2NO2/c1-16-11(15)7-5-6-3-2-4-8(12)9(6)14-10(7)13/h2-5H,1H3. The highest BCUT2D eigenvalue weighted by Crippen LogP contribution is 2.26. The first-order valence-corrected chi connectivity index (χ1v) is 5.22. The van der Waals surface area contributed by atoms with Crippen LogP contribution in [0, 0.1) is 0 Å². The molecule has 82 valence electrons. The van der Waals surface area contributed by atoms with Gasteiger partial charge in [0.05, 0.1) is 23.2 Å². The van der Waals surface area contributed by atoms with Crippen LogP contribution in [-0.2, 0) is 4.74 Å². The van der Waals surface area contributed by atoms with Crippen molar-refractivity contribution in [1.82, 2.24) is 4.98 Å². The summed E-state index contributed by atoms with van der Waals surface area (Å²) >= 11 is 11.8. The summed E-state index contributed by atoms with van der Waals surface area (Å²) in [5.41, 5.74) is 0.806. The lowest BCUT2D eigenvalue weighted by atomic mass is 10.1. The number of rotatable bonds is 1. The number of fused-ring (bicyclic) bond motifs is 1. The van der Waals surface area contributed by atoms with Gasteiger partial charge in [-0.3, -0.25) is 0 Å². The minimum Gasteiger partial charge on any atom is -0.465 e. The van der Waals surface area contributed by atoms with Crippen LogP contribution in [0.3, 0.4) is 0 Å². The Balaban J connectivity index is 2.72. The molecule has 0 amide bonds. The molecule has 0 fully saturated rings. The second-order valence-electron chi connectivity index (χ2n) is 3.13. The van der Waals surface area contributed by atoms with E-state index in [9.17, 15) is 4.79 Å². The number of para-hydroxylation sites is 1. The molecule has 0 atom stereocenters. The van der Waals surface area contributed by atoms with Gasteiger partial charge in [-0.05, 0) is 12.1 Å². The minimum atomic E-state index is -0.514. The molecule has 1 heterocycles. The highest BCUT2D eigenvalue weighted by molar-refractivity contribution is 6.36. The number of esters is 1. The average Bonchev–Trinajstić information content (AvgIpc) is 2.29. The predicted octanol–water partition coefficient (Wildman–Crippen LogP) is 3.33. The fourth-order valence-corrected chi connectivity index (χ4v) is 1.83. The zero-order valence-corrected chi connectivity index (χ0v) is 9.84. The second-order valence-corrected chi connectivity index (χ2v) is 3.90. The van der Waals surface area contributed by atoms with Gasteiger partial charge in [-0.25, -0.2) is 9.78 Å². The van der Waals surface area contributed by atoms with E-state index in [0.29, 0.717) is 10.5 Å². The molecule has 0 unspecified atom stereocenters. The topological polar surface area (TPSA) is 39.2 Å². The molecule has 0 radical (unpaired) electrons. The molecule has 0 saturated carbocycles. The number of pyridine rings is 1. The van der Waals surface area contributed by atoms with Crippen molar-refractivity contribution in [2.45, 2.75) is 0 Å². The second kappa shape index (κ2) is 4.28. The molecule has 0 bridgehead atoms. The van der Waals surface area contributed by atoms with E-state index in [1.807, 2.05) is 0 Å². The first kappa shape index (κ1) is 11.2. The number of nitrogens with zero attached hydrogens (tertiary/aromatic N) is 1. The van der Waals surface area contributed by atoms with Crippen LogP contribution < -0.4 is 0 Å². The largest absolute Gasteiger partial charge is 0.465 e. The molecule has 16 heavy (non-hydrogen) atoms. The highest BCUT2D eigenvalue weighted by atomic mass is 35.5. The van der Waals surface area contributed by atoms with Crippen LogP contribution in [0.1, 0.15) is 10.4 Å². The van der Waals surface area contributed by atoms with Gasteiger partial charge < -0.3 is 4.74 Å². The normalized spacial score (nSPS) is 10.4. The van der Waals surface area contributed by atoms with Gasteiger partial charge in [-0.2, -0.15) is 0 Å². The summed E-state index contributed by atoms with van der Waals surface area (Å²) in [6, 6.07) is 6.91.